The second-order valence-electron chi connectivity index (χ2n) is 4.63. The number of amides is 2. The summed E-state index contributed by atoms with van der Waals surface area (Å²) in [6.07, 6.45) is 1.18. The van der Waals surface area contributed by atoms with Crippen molar-refractivity contribution in [3.8, 4) is 0 Å². The van der Waals surface area contributed by atoms with Crippen LogP contribution in [-0.2, 0) is 0 Å². The highest BCUT2D eigenvalue weighted by Crippen LogP contribution is 2.15. The molecule has 1 aromatic rings. The van der Waals surface area contributed by atoms with E-state index in [2.05, 4.69) is 10.6 Å². The van der Waals surface area contributed by atoms with Gasteiger partial charge in [0.2, 0.25) is 0 Å². The Morgan fingerprint density at radius 1 is 1.30 bits per heavy atom. The quantitative estimate of drug-likeness (QED) is 0.752. The maximum absolute atomic E-state index is 13.1. The summed E-state index contributed by atoms with van der Waals surface area (Å²) in [5.41, 5.74) is 0.481. The number of rotatable bonds is 6. The van der Waals surface area contributed by atoms with Gasteiger partial charge in [0.15, 0.2) is 11.6 Å². The Balaban J connectivity index is 2.58. The Kier molecular flexibility index (Phi) is 6.38. The topological polar surface area (TPSA) is 61.4 Å². The van der Waals surface area contributed by atoms with Gasteiger partial charge in [-0.05, 0) is 37.5 Å². The van der Waals surface area contributed by atoms with E-state index < -0.39 is 23.7 Å². The Hall–Kier alpha value is -1.69. The average Bonchev–Trinajstić information content (AvgIpc) is 2.41. The number of aliphatic hydroxyl groups excluding tert-OH is 1. The Labute approximate surface area is 117 Å². The minimum atomic E-state index is -0.941. The van der Waals surface area contributed by atoms with E-state index in [1.54, 1.807) is 6.92 Å². The molecule has 2 unspecified atom stereocenters. The molecule has 112 valence electrons. The lowest BCUT2D eigenvalue weighted by Gasteiger charge is -2.19. The van der Waals surface area contributed by atoms with Gasteiger partial charge < -0.3 is 15.7 Å². The highest BCUT2D eigenvalue weighted by molar-refractivity contribution is 5.74. The fourth-order valence-corrected chi connectivity index (χ4v) is 1.82. The summed E-state index contributed by atoms with van der Waals surface area (Å²) in [4.78, 5) is 11.8. The van der Waals surface area contributed by atoms with Crippen LogP contribution in [0.25, 0.3) is 0 Å². The van der Waals surface area contributed by atoms with Crippen molar-refractivity contribution in [3.63, 3.8) is 0 Å². The van der Waals surface area contributed by atoms with Crippen LogP contribution >= 0.6 is 0 Å². The third-order valence-corrected chi connectivity index (χ3v) is 3.10. The van der Waals surface area contributed by atoms with Crippen LogP contribution in [0.3, 0.4) is 0 Å². The predicted molar refractivity (Wildman–Crippen MR) is 72.2 cm³/mol. The normalized spacial score (nSPS) is 13.7. The fourth-order valence-electron chi connectivity index (χ4n) is 1.82. The van der Waals surface area contributed by atoms with Crippen molar-refractivity contribution in [3.05, 3.63) is 35.4 Å². The average molecular weight is 286 g/mol. The lowest BCUT2D eigenvalue weighted by atomic mass is 10.1. The summed E-state index contributed by atoms with van der Waals surface area (Å²) in [6.45, 7) is 3.58. The lowest BCUT2D eigenvalue weighted by Crippen LogP contribution is -2.43. The number of aliphatic hydroxyl groups is 1. The SMILES string of the molecule is CCC(CCO)NC(=O)NC(C)c1ccc(F)c(F)c1. The summed E-state index contributed by atoms with van der Waals surface area (Å²) < 4.78 is 25.9. The zero-order valence-corrected chi connectivity index (χ0v) is 11.6. The van der Waals surface area contributed by atoms with Gasteiger partial charge >= 0.3 is 6.03 Å². The van der Waals surface area contributed by atoms with Crippen molar-refractivity contribution in [2.75, 3.05) is 6.61 Å². The van der Waals surface area contributed by atoms with Gasteiger partial charge in [0, 0.05) is 12.6 Å². The molecule has 0 aliphatic rings. The summed E-state index contributed by atoms with van der Waals surface area (Å²) >= 11 is 0. The third kappa shape index (κ3) is 4.77. The molecule has 0 spiro atoms. The van der Waals surface area contributed by atoms with Gasteiger partial charge in [-0.25, -0.2) is 13.6 Å². The van der Waals surface area contributed by atoms with Gasteiger partial charge in [0.25, 0.3) is 0 Å². The molecule has 3 N–H and O–H groups in total. The molecular formula is C14H20F2N2O2. The molecule has 2 amide bonds. The van der Waals surface area contributed by atoms with E-state index in [1.165, 1.54) is 6.07 Å². The van der Waals surface area contributed by atoms with Gasteiger partial charge in [0.05, 0.1) is 6.04 Å². The number of benzene rings is 1. The van der Waals surface area contributed by atoms with E-state index in [-0.39, 0.29) is 12.6 Å². The molecule has 0 saturated heterocycles. The lowest BCUT2D eigenvalue weighted by molar-refractivity contribution is 0.225. The first kappa shape index (κ1) is 16.4. The molecule has 0 saturated carbocycles. The van der Waals surface area contributed by atoms with Gasteiger partial charge in [-0.2, -0.15) is 0 Å². The highest BCUT2D eigenvalue weighted by atomic mass is 19.2. The zero-order chi connectivity index (χ0) is 15.1. The number of hydrogen-bond acceptors (Lipinski definition) is 2. The molecule has 2 atom stereocenters. The first-order valence-electron chi connectivity index (χ1n) is 6.60. The molecule has 6 heteroatoms. The zero-order valence-electron chi connectivity index (χ0n) is 11.6. The fraction of sp³-hybridized carbons (Fsp3) is 0.500. The molecular weight excluding hydrogens is 266 g/mol. The van der Waals surface area contributed by atoms with Crippen LogP contribution < -0.4 is 10.6 Å². The molecule has 1 rings (SSSR count). The van der Waals surface area contributed by atoms with Crippen molar-refractivity contribution in [2.45, 2.75) is 38.8 Å². The standard InChI is InChI=1S/C14H20F2N2O2/c1-3-11(6-7-19)18-14(20)17-9(2)10-4-5-12(15)13(16)8-10/h4-5,8-9,11,19H,3,6-7H2,1-2H3,(H2,17,18,20). The van der Waals surface area contributed by atoms with Gasteiger partial charge in [-0.15, -0.1) is 0 Å². The van der Waals surface area contributed by atoms with Crippen LogP contribution in [0, 0.1) is 11.6 Å². The summed E-state index contributed by atoms with van der Waals surface area (Å²) in [6, 6.07) is 2.55. The van der Waals surface area contributed by atoms with E-state index >= 15 is 0 Å². The van der Waals surface area contributed by atoms with Crippen LogP contribution in [0.1, 0.15) is 38.3 Å². The number of carbonyl (C=O) groups is 1. The van der Waals surface area contributed by atoms with E-state index in [4.69, 9.17) is 5.11 Å². The maximum Gasteiger partial charge on any atom is 0.315 e. The van der Waals surface area contributed by atoms with Crippen molar-refractivity contribution >= 4 is 6.03 Å². The van der Waals surface area contributed by atoms with Crippen LogP contribution in [0.4, 0.5) is 13.6 Å². The smallest absolute Gasteiger partial charge is 0.315 e. The first-order valence-corrected chi connectivity index (χ1v) is 6.60. The highest BCUT2D eigenvalue weighted by Gasteiger charge is 2.14. The molecule has 0 radical (unpaired) electrons. The Morgan fingerprint density at radius 2 is 2.00 bits per heavy atom. The minimum Gasteiger partial charge on any atom is -0.396 e. The molecule has 0 aliphatic heterocycles. The van der Waals surface area contributed by atoms with Gasteiger partial charge in [-0.1, -0.05) is 13.0 Å². The number of halogens is 2. The van der Waals surface area contributed by atoms with E-state index in [1.807, 2.05) is 6.92 Å². The summed E-state index contributed by atoms with van der Waals surface area (Å²) in [5, 5.41) is 14.2. The minimum absolute atomic E-state index is 0.00247. The largest absolute Gasteiger partial charge is 0.396 e. The van der Waals surface area contributed by atoms with Gasteiger partial charge in [-0.3, -0.25) is 0 Å². The van der Waals surface area contributed by atoms with Crippen molar-refractivity contribution < 1.29 is 18.7 Å². The second-order valence-corrected chi connectivity index (χ2v) is 4.63. The number of carbonyl (C=O) groups excluding carboxylic acids is 1. The number of hydrogen-bond donors (Lipinski definition) is 3. The van der Waals surface area contributed by atoms with E-state index in [0.29, 0.717) is 18.4 Å². The third-order valence-electron chi connectivity index (χ3n) is 3.10. The summed E-state index contributed by atoms with van der Waals surface area (Å²) in [5.74, 6) is -1.86. The Bertz CT molecular complexity index is 455. The molecule has 0 aromatic heterocycles. The molecule has 0 aliphatic carbocycles. The van der Waals surface area contributed by atoms with Crippen LogP contribution in [0.2, 0.25) is 0 Å². The Morgan fingerprint density at radius 3 is 2.55 bits per heavy atom. The first-order chi connectivity index (χ1) is 9.47. The van der Waals surface area contributed by atoms with Crippen LogP contribution in [-0.4, -0.2) is 23.8 Å². The second kappa shape index (κ2) is 7.79. The molecule has 0 fully saturated rings. The molecule has 0 bridgehead atoms. The molecule has 1 aromatic carbocycles. The molecule has 4 nitrogen and oxygen atoms in total. The molecule has 0 heterocycles. The van der Waals surface area contributed by atoms with E-state index in [0.717, 1.165) is 12.1 Å². The van der Waals surface area contributed by atoms with Crippen molar-refractivity contribution in [1.82, 2.24) is 10.6 Å². The molecule has 20 heavy (non-hydrogen) atoms. The van der Waals surface area contributed by atoms with Crippen LogP contribution in [0.5, 0.6) is 0 Å². The van der Waals surface area contributed by atoms with Crippen LogP contribution in [0.15, 0.2) is 18.2 Å². The monoisotopic (exact) mass is 286 g/mol. The van der Waals surface area contributed by atoms with Crippen molar-refractivity contribution in [1.29, 1.82) is 0 Å². The van der Waals surface area contributed by atoms with E-state index in [9.17, 15) is 13.6 Å². The number of urea groups is 1. The number of nitrogens with one attached hydrogen (secondary N) is 2. The van der Waals surface area contributed by atoms with Crippen molar-refractivity contribution in [2.24, 2.45) is 0 Å². The predicted octanol–water partition coefficient (Wildman–Crippen LogP) is 2.49. The van der Waals surface area contributed by atoms with Gasteiger partial charge in [0.1, 0.15) is 0 Å². The maximum atomic E-state index is 13.1. The summed E-state index contributed by atoms with van der Waals surface area (Å²) in [7, 11) is 0.